The zero-order valence-corrected chi connectivity index (χ0v) is 16.3. The quantitative estimate of drug-likeness (QED) is 0.841. The molecule has 0 aliphatic carbocycles. The molecular formula is C20H24F2N4O3. The smallest absolute Gasteiger partial charge is 0.321 e. The first-order chi connectivity index (χ1) is 13.9. The maximum absolute atomic E-state index is 13.8. The SMILES string of the molecule is Cc1nc(CC2CCOC3(CCN(C(=O)Nc4cc(F)ccc4F)CC3)C2)no1. The number of piperidine rings is 1. The summed E-state index contributed by atoms with van der Waals surface area (Å²) in [5.41, 5.74) is -0.414. The molecule has 7 nitrogen and oxygen atoms in total. The molecule has 1 N–H and O–H groups in total. The number of carbonyl (C=O) groups is 1. The lowest BCUT2D eigenvalue weighted by Gasteiger charge is -2.46. The molecule has 2 fully saturated rings. The summed E-state index contributed by atoms with van der Waals surface area (Å²) in [7, 11) is 0. The maximum Gasteiger partial charge on any atom is 0.321 e. The molecule has 1 spiro atoms. The van der Waals surface area contributed by atoms with E-state index in [-0.39, 0.29) is 11.3 Å². The molecule has 9 heteroatoms. The third kappa shape index (κ3) is 4.55. The fourth-order valence-corrected chi connectivity index (χ4v) is 4.24. The normalized spacial score (nSPS) is 21.3. The van der Waals surface area contributed by atoms with Gasteiger partial charge in [0, 0.05) is 39.1 Å². The third-order valence-corrected chi connectivity index (χ3v) is 5.77. The predicted molar refractivity (Wildman–Crippen MR) is 100 cm³/mol. The first-order valence-corrected chi connectivity index (χ1v) is 9.87. The van der Waals surface area contributed by atoms with Crippen LogP contribution in [0.1, 0.15) is 37.4 Å². The first kappa shape index (κ1) is 19.8. The number of hydrogen-bond acceptors (Lipinski definition) is 5. The number of carbonyl (C=O) groups excluding carboxylic acids is 1. The van der Waals surface area contributed by atoms with Gasteiger partial charge in [0.25, 0.3) is 0 Å². The van der Waals surface area contributed by atoms with Crippen LogP contribution in [-0.4, -0.2) is 46.4 Å². The van der Waals surface area contributed by atoms with E-state index in [1.165, 1.54) is 0 Å². The number of ether oxygens (including phenoxy) is 1. The van der Waals surface area contributed by atoms with Gasteiger partial charge in [0.2, 0.25) is 5.89 Å². The van der Waals surface area contributed by atoms with Gasteiger partial charge < -0.3 is 19.5 Å². The Morgan fingerprint density at radius 3 is 2.86 bits per heavy atom. The van der Waals surface area contributed by atoms with Crippen LogP contribution in [0.5, 0.6) is 0 Å². The summed E-state index contributed by atoms with van der Waals surface area (Å²) in [5, 5.41) is 6.45. The van der Waals surface area contributed by atoms with Gasteiger partial charge in [0.05, 0.1) is 11.3 Å². The predicted octanol–water partition coefficient (Wildman–Crippen LogP) is 3.69. The number of hydrogen-bond donors (Lipinski definition) is 1. The first-order valence-electron chi connectivity index (χ1n) is 9.87. The second-order valence-corrected chi connectivity index (χ2v) is 7.87. The number of rotatable bonds is 3. The fraction of sp³-hybridized carbons (Fsp3) is 0.550. The molecule has 4 rings (SSSR count). The standard InChI is InChI=1S/C20H24F2N4O3/c1-13-23-18(25-29-13)10-14-4-9-28-20(12-14)5-7-26(8-6-20)19(27)24-17-11-15(21)2-3-16(17)22/h2-3,11,14H,4-10,12H2,1H3,(H,24,27). The van der Waals surface area contributed by atoms with Gasteiger partial charge in [-0.25, -0.2) is 13.6 Å². The summed E-state index contributed by atoms with van der Waals surface area (Å²) in [6.07, 6.45) is 3.99. The van der Waals surface area contributed by atoms with Crippen molar-refractivity contribution in [3.63, 3.8) is 0 Å². The molecule has 0 saturated carbocycles. The highest BCUT2D eigenvalue weighted by Gasteiger charge is 2.41. The number of halogens is 2. The van der Waals surface area contributed by atoms with Crippen molar-refractivity contribution >= 4 is 11.7 Å². The van der Waals surface area contributed by atoms with Crippen molar-refractivity contribution in [3.05, 3.63) is 41.5 Å². The Labute approximate surface area is 167 Å². The minimum atomic E-state index is -0.664. The second kappa shape index (κ2) is 8.06. The average Bonchev–Trinajstić information content (AvgIpc) is 3.10. The summed E-state index contributed by atoms with van der Waals surface area (Å²) in [6.45, 7) is 3.44. The van der Waals surface area contributed by atoms with Crippen LogP contribution in [-0.2, 0) is 11.2 Å². The van der Waals surface area contributed by atoms with Crippen LogP contribution in [0, 0.1) is 24.5 Å². The van der Waals surface area contributed by atoms with E-state index >= 15 is 0 Å². The topological polar surface area (TPSA) is 80.5 Å². The largest absolute Gasteiger partial charge is 0.375 e. The Balaban J connectivity index is 1.33. The Morgan fingerprint density at radius 2 is 2.14 bits per heavy atom. The number of anilines is 1. The van der Waals surface area contributed by atoms with Crippen molar-refractivity contribution in [1.29, 1.82) is 0 Å². The number of aromatic nitrogens is 2. The van der Waals surface area contributed by atoms with E-state index in [1.54, 1.807) is 11.8 Å². The lowest BCUT2D eigenvalue weighted by atomic mass is 9.78. The molecule has 0 bridgehead atoms. The van der Waals surface area contributed by atoms with Crippen LogP contribution < -0.4 is 5.32 Å². The lowest BCUT2D eigenvalue weighted by Crippen LogP contribution is -2.51. The molecule has 2 saturated heterocycles. The van der Waals surface area contributed by atoms with Crippen LogP contribution in [0.25, 0.3) is 0 Å². The number of nitrogens with one attached hydrogen (secondary N) is 1. The molecule has 3 heterocycles. The van der Waals surface area contributed by atoms with E-state index in [0.29, 0.717) is 44.3 Å². The van der Waals surface area contributed by atoms with Gasteiger partial charge in [-0.15, -0.1) is 0 Å². The number of nitrogens with zero attached hydrogens (tertiary/aromatic N) is 3. The average molecular weight is 406 g/mol. The highest BCUT2D eigenvalue weighted by atomic mass is 19.1. The van der Waals surface area contributed by atoms with E-state index in [1.807, 2.05) is 0 Å². The van der Waals surface area contributed by atoms with Crippen molar-refractivity contribution in [3.8, 4) is 0 Å². The van der Waals surface area contributed by atoms with Gasteiger partial charge in [-0.1, -0.05) is 5.16 Å². The number of likely N-dealkylation sites (tertiary alicyclic amines) is 1. The summed E-state index contributed by atoms with van der Waals surface area (Å²) < 4.78 is 38.3. The highest BCUT2D eigenvalue weighted by Crippen LogP contribution is 2.38. The zero-order chi connectivity index (χ0) is 20.4. The molecule has 1 atom stereocenters. The van der Waals surface area contributed by atoms with E-state index in [0.717, 1.165) is 43.3 Å². The summed E-state index contributed by atoms with van der Waals surface area (Å²) >= 11 is 0. The van der Waals surface area contributed by atoms with Crippen LogP contribution in [0.3, 0.4) is 0 Å². The van der Waals surface area contributed by atoms with Gasteiger partial charge in [0.1, 0.15) is 11.6 Å². The second-order valence-electron chi connectivity index (χ2n) is 7.87. The van der Waals surface area contributed by atoms with Crippen molar-refractivity contribution in [2.24, 2.45) is 5.92 Å². The minimum absolute atomic E-state index is 0.153. The highest BCUT2D eigenvalue weighted by molar-refractivity contribution is 5.89. The molecule has 2 aliphatic rings. The fourth-order valence-electron chi connectivity index (χ4n) is 4.24. The zero-order valence-electron chi connectivity index (χ0n) is 16.3. The Hall–Kier alpha value is -2.55. The number of aryl methyl sites for hydroxylation is 1. The molecule has 29 heavy (non-hydrogen) atoms. The van der Waals surface area contributed by atoms with Crippen LogP contribution in [0.15, 0.2) is 22.7 Å². The monoisotopic (exact) mass is 406 g/mol. The maximum atomic E-state index is 13.8. The Bertz CT molecular complexity index is 880. The molecule has 1 aromatic heterocycles. The molecule has 156 valence electrons. The molecule has 2 aliphatic heterocycles. The van der Waals surface area contributed by atoms with Crippen molar-refractivity contribution in [2.45, 2.75) is 44.6 Å². The van der Waals surface area contributed by atoms with Gasteiger partial charge in [-0.3, -0.25) is 0 Å². The van der Waals surface area contributed by atoms with Crippen LogP contribution in [0.2, 0.25) is 0 Å². The van der Waals surface area contributed by atoms with E-state index in [9.17, 15) is 13.6 Å². The molecule has 2 amide bonds. The van der Waals surface area contributed by atoms with E-state index in [2.05, 4.69) is 15.5 Å². The van der Waals surface area contributed by atoms with E-state index < -0.39 is 17.7 Å². The molecule has 2 aromatic rings. The van der Waals surface area contributed by atoms with Crippen molar-refractivity contribution in [2.75, 3.05) is 25.0 Å². The molecular weight excluding hydrogens is 382 g/mol. The van der Waals surface area contributed by atoms with Crippen molar-refractivity contribution in [1.82, 2.24) is 15.0 Å². The van der Waals surface area contributed by atoms with Crippen molar-refractivity contribution < 1.29 is 22.8 Å². The summed E-state index contributed by atoms with van der Waals surface area (Å²) in [5.74, 6) is 0.429. The molecule has 1 unspecified atom stereocenters. The van der Waals surface area contributed by atoms with Gasteiger partial charge >= 0.3 is 6.03 Å². The number of benzene rings is 1. The Morgan fingerprint density at radius 1 is 1.34 bits per heavy atom. The van der Waals surface area contributed by atoms with E-state index in [4.69, 9.17) is 9.26 Å². The summed E-state index contributed by atoms with van der Waals surface area (Å²) in [6, 6.07) is 2.56. The van der Waals surface area contributed by atoms with Gasteiger partial charge in [0.15, 0.2) is 5.82 Å². The molecule has 0 radical (unpaired) electrons. The van der Waals surface area contributed by atoms with Crippen LogP contribution in [0.4, 0.5) is 19.3 Å². The minimum Gasteiger partial charge on any atom is -0.375 e. The van der Waals surface area contributed by atoms with Crippen LogP contribution >= 0.6 is 0 Å². The summed E-state index contributed by atoms with van der Waals surface area (Å²) in [4.78, 5) is 18.4. The number of amides is 2. The molecule has 1 aromatic carbocycles. The number of urea groups is 1. The van der Waals surface area contributed by atoms with Gasteiger partial charge in [-0.2, -0.15) is 4.98 Å². The van der Waals surface area contributed by atoms with Gasteiger partial charge in [-0.05, 0) is 43.7 Å². The third-order valence-electron chi connectivity index (χ3n) is 5.77. The lowest BCUT2D eigenvalue weighted by molar-refractivity contribution is -0.122. The Kier molecular flexibility index (Phi) is 5.49.